The first kappa shape index (κ1) is 30.2. The largest absolute Gasteiger partial charge is 0.454 e. The van der Waals surface area contributed by atoms with E-state index in [1.165, 1.54) is 0 Å². The summed E-state index contributed by atoms with van der Waals surface area (Å²) in [5, 5.41) is 36.1. The van der Waals surface area contributed by atoms with Crippen LogP contribution in [0.4, 0.5) is 24.9 Å². The molecule has 14 heteroatoms. The number of nitrogens with one attached hydrogen (secondary N) is 2. The van der Waals surface area contributed by atoms with Crippen molar-refractivity contribution in [1.82, 2.24) is 15.0 Å². The van der Waals surface area contributed by atoms with Crippen molar-refractivity contribution >= 4 is 41.9 Å². The third-order valence-electron chi connectivity index (χ3n) is 5.94. The van der Waals surface area contributed by atoms with E-state index in [9.17, 15) is 28.5 Å². The maximum absolute atomic E-state index is 12.7. The number of aliphatic hydroxyl groups is 3. The maximum atomic E-state index is 12.7. The van der Waals surface area contributed by atoms with E-state index in [2.05, 4.69) is 25.6 Å². The lowest BCUT2D eigenvalue weighted by atomic mass is 10.1. The van der Waals surface area contributed by atoms with Crippen LogP contribution >= 0.6 is 12.4 Å². The highest BCUT2D eigenvalue weighted by molar-refractivity contribution is 5.87. The zero-order valence-electron chi connectivity index (χ0n) is 20.3. The number of aryl methyl sites for hydroxylation is 3. The van der Waals surface area contributed by atoms with E-state index < -0.39 is 36.9 Å². The number of alkyl halides is 3. The van der Waals surface area contributed by atoms with E-state index in [4.69, 9.17) is 9.21 Å². The molecule has 37 heavy (non-hydrogen) atoms. The monoisotopic (exact) mass is 547 g/mol. The minimum Gasteiger partial charge on any atom is -0.454 e. The zero-order chi connectivity index (χ0) is 26.8. The van der Waals surface area contributed by atoms with Crippen molar-refractivity contribution in [2.24, 2.45) is 5.92 Å². The van der Waals surface area contributed by atoms with Gasteiger partial charge in [0.1, 0.15) is 31.0 Å². The number of aliphatic hydroxyl groups excluding tert-OH is 3. The SMILES string of the molecule is C=O.Cc1cc2cc(-c3c(C)nc(NCC(F)(F)F)nc3N[C@@H]3C[C@H](CO)[C@@H](O)[C@H]3O)oc2c(C)n1.Cl. The van der Waals surface area contributed by atoms with E-state index in [1.807, 2.05) is 19.8 Å². The number of fused-ring (bicyclic) bond motifs is 1. The number of carbonyl (C=O) groups excluding carboxylic acids is 1. The highest BCUT2D eigenvalue weighted by Crippen LogP contribution is 2.37. The smallest absolute Gasteiger partial charge is 0.405 e. The molecular weight excluding hydrogens is 519 g/mol. The third-order valence-corrected chi connectivity index (χ3v) is 5.94. The zero-order valence-corrected chi connectivity index (χ0v) is 21.2. The van der Waals surface area contributed by atoms with Crippen molar-refractivity contribution in [3.8, 4) is 11.3 Å². The summed E-state index contributed by atoms with van der Waals surface area (Å²) in [6.07, 6.45) is -6.60. The normalized spacial score (nSPS) is 21.2. The van der Waals surface area contributed by atoms with Gasteiger partial charge in [0.25, 0.3) is 0 Å². The van der Waals surface area contributed by atoms with Crippen molar-refractivity contribution in [3.05, 3.63) is 29.2 Å². The molecule has 0 unspecified atom stereocenters. The van der Waals surface area contributed by atoms with Gasteiger partial charge in [-0.1, -0.05) is 0 Å². The molecule has 4 atom stereocenters. The van der Waals surface area contributed by atoms with E-state index in [1.54, 1.807) is 19.9 Å². The van der Waals surface area contributed by atoms with Crippen LogP contribution in [0, 0.1) is 26.7 Å². The summed E-state index contributed by atoms with van der Waals surface area (Å²) in [5.41, 5.74) is 2.78. The van der Waals surface area contributed by atoms with Crippen LogP contribution in [-0.2, 0) is 4.79 Å². The third kappa shape index (κ3) is 6.66. The molecular formula is C23H29ClF3N5O5. The number of halogens is 4. The molecule has 0 aliphatic heterocycles. The molecule has 4 rings (SSSR count). The van der Waals surface area contributed by atoms with Gasteiger partial charge >= 0.3 is 6.18 Å². The number of rotatable bonds is 6. The lowest BCUT2D eigenvalue weighted by molar-refractivity contribution is -0.115. The van der Waals surface area contributed by atoms with Crippen molar-refractivity contribution in [2.45, 2.75) is 51.6 Å². The van der Waals surface area contributed by atoms with Crippen LogP contribution in [0.15, 0.2) is 16.5 Å². The van der Waals surface area contributed by atoms with Gasteiger partial charge in [0.2, 0.25) is 5.95 Å². The quantitative estimate of drug-likeness (QED) is 0.311. The van der Waals surface area contributed by atoms with E-state index in [0.29, 0.717) is 28.3 Å². The Kier molecular flexibility index (Phi) is 9.83. The van der Waals surface area contributed by atoms with Gasteiger partial charge in [0.05, 0.1) is 29.1 Å². The first-order valence-corrected chi connectivity index (χ1v) is 11.1. The summed E-state index contributed by atoms with van der Waals surface area (Å²) < 4.78 is 44.3. The average molecular weight is 548 g/mol. The van der Waals surface area contributed by atoms with Gasteiger partial charge < -0.3 is 35.2 Å². The summed E-state index contributed by atoms with van der Waals surface area (Å²) in [6.45, 7) is 5.63. The Morgan fingerprint density at radius 2 is 1.76 bits per heavy atom. The first-order valence-electron chi connectivity index (χ1n) is 11.1. The average Bonchev–Trinajstić information content (AvgIpc) is 3.34. The summed E-state index contributed by atoms with van der Waals surface area (Å²) in [5.74, 6) is -0.296. The Balaban J connectivity index is 0.00000157. The van der Waals surface area contributed by atoms with Gasteiger partial charge in [-0.05, 0) is 39.3 Å². The minimum atomic E-state index is -4.47. The molecule has 0 saturated heterocycles. The standard InChI is InChI=1S/C22H26F3N5O4.CH2O.ClH/c1-9-4-12-6-15(34-19(12)11(3)27-9)16-10(2)28-21(26-8-22(23,24)25)30-20(16)29-14-5-13(7-31)17(32)18(14)33;1-2;/h4,6,13-14,17-18,31-33H,5,7-8H2,1-3H3,(H2,26,28,29,30);1H2;1H/t13-,14-,17-,18+;;/m1../s1. The fourth-order valence-electron chi connectivity index (χ4n) is 4.35. The van der Waals surface area contributed by atoms with Crippen LogP contribution in [-0.4, -0.2) is 74.6 Å². The van der Waals surface area contributed by atoms with Crippen LogP contribution < -0.4 is 10.6 Å². The number of furan rings is 1. The van der Waals surface area contributed by atoms with E-state index in [-0.39, 0.29) is 37.2 Å². The van der Waals surface area contributed by atoms with Crippen LogP contribution in [0.5, 0.6) is 0 Å². The van der Waals surface area contributed by atoms with Crippen LogP contribution in [0.25, 0.3) is 22.3 Å². The molecule has 0 amide bonds. The molecule has 0 bridgehead atoms. The van der Waals surface area contributed by atoms with Crippen LogP contribution in [0.3, 0.4) is 0 Å². The van der Waals surface area contributed by atoms with Crippen LogP contribution in [0.1, 0.15) is 23.5 Å². The number of pyridine rings is 1. The van der Waals surface area contributed by atoms with E-state index in [0.717, 1.165) is 11.1 Å². The second-order valence-electron chi connectivity index (χ2n) is 8.61. The lowest BCUT2D eigenvalue weighted by Crippen LogP contribution is -2.36. The van der Waals surface area contributed by atoms with Gasteiger partial charge in [-0.3, -0.25) is 4.98 Å². The van der Waals surface area contributed by atoms with Crippen LogP contribution in [0.2, 0.25) is 0 Å². The molecule has 0 spiro atoms. The Labute approximate surface area is 216 Å². The highest BCUT2D eigenvalue weighted by Gasteiger charge is 2.41. The Bertz CT molecular complexity index is 1230. The Hall–Kier alpha value is -3.00. The fraction of sp³-hybridized carbons (Fsp3) is 0.478. The van der Waals surface area contributed by atoms with Crippen molar-refractivity contribution in [3.63, 3.8) is 0 Å². The Morgan fingerprint density at radius 1 is 1.08 bits per heavy atom. The Morgan fingerprint density at radius 3 is 2.35 bits per heavy atom. The molecule has 1 aliphatic carbocycles. The van der Waals surface area contributed by atoms with Gasteiger partial charge in [-0.15, -0.1) is 12.4 Å². The van der Waals surface area contributed by atoms with Gasteiger partial charge in [-0.2, -0.15) is 18.2 Å². The minimum absolute atomic E-state index is 0. The summed E-state index contributed by atoms with van der Waals surface area (Å²) in [6, 6.07) is 2.92. The molecule has 0 aromatic carbocycles. The predicted molar refractivity (Wildman–Crippen MR) is 133 cm³/mol. The molecule has 1 saturated carbocycles. The predicted octanol–water partition coefficient (Wildman–Crippen LogP) is 2.94. The molecule has 0 radical (unpaired) electrons. The molecule has 3 aromatic heterocycles. The molecule has 3 heterocycles. The molecule has 3 aromatic rings. The summed E-state index contributed by atoms with van der Waals surface area (Å²) in [7, 11) is 0. The van der Waals surface area contributed by atoms with Gasteiger partial charge in [-0.25, -0.2) is 4.98 Å². The number of carbonyl (C=O) groups is 1. The second kappa shape index (κ2) is 12.0. The fourth-order valence-corrected chi connectivity index (χ4v) is 4.35. The number of nitrogens with zero attached hydrogens (tertiary/aromatic N) is 3. The molecule has 1 fully saturated rings. The number of hydrogen-bond acceptors (Lipinski definition) is 10. The van der Waals surface area contributed by atoms with Gasteiger partial charge in [0, 0.05) is 23.6 Å². The van der Waals surface area contributed by atoms with Crippen molar-refractivity contribution in [1.29, 1.82) is 0 Å². The van der Waals surface area contributed by atoms with E-state index >= 15 is 0 Å². The summed E-state index contributed by atoms with van der Waals surface area (Å²) in [4.78, 5) is 20.8. The highest BCUT2D eigenvalue weighted by atomic mass is 35.5. The maximum Gasteiger partial charge on any atom is 0.405 e. The number of aromatic nitrogens is 3. The van der Waals surface area contributed by atoms with Crippen molar-refractivity contribution < 1.29 is 37.7 Å². The molecule has 1 aliphatic rings. The topological polar surface area (TPSA) is 154 Å². The molecule has 5 N–H and O–H groups in total. The second-order valence-corrected chi connectivity index (χ2v) is 8.61. The lowest BCUT2D eigenvalue weighted by Gasteiger charge is -2.21. The first-order chi connectivity index (χ1) is 17.0. The van der Waals surface area contributed by atoms with Gasteiger partial charge in [0.15, 0.2) is 5.58 Å². The molecule has 10 nitrogen and oxygen atoms in total. The number of anilines is 2. The summed E-state index contributed by atoms with van der Waals surface area (Å²) >= 11 is 0. The number of hydrogen-bond donors (Lipinski definition) is 5. The molecule has 204 valence electrons. The van der Waals surface area contributed by atoms with Crippen molar-refractivity contribution in [2.75, 3.05) is 23.8 Å².